The van der Waals surface area contributed by atoms with E-state index in [1.165, 1.54) is 20.5 Å². The highest BCUT2D eigenvalue weighted by molar-refractivity contribution is 5.87. The molecule has 3 rings (SSSR count). The highest BCUT2D eigenvalue weighted by Crippen LogP contribution is 2.27. The van der Waals surface area contributed by atoms with Crippen LogP contribution in [0.2, 0.25) is 0 Å². The number of hydrogen-bond acceptors (Lipinski definition) is 7. The van der Waals surface area contributed by atoms with Gasteiger partial charge in [-0.3, -0.25) is 9.78 Å². The molecule has 0 saturated carbocycles. The van der Waals surface area contributed by atoms with E-state index in [1.807, 2.05) is 42.6 Å². The first-order valence-corrected chi connectivity index (χ1v) is 9.94. The third-order valence-electron chi connectivity index (χ3n) is 4.73. The van der Waals surface area contributed by atoms with E-state index in [4.69, 9.17) is 4.42 Å². The summed E-state index contributed by atoms with van der Waals surface area (Å²) in [4.78, 5) is 31.3. The first-order chi connectivity index (χ1) is 15.1. The fourth-order valence-corrected chi connectivity index (χ4v) is 3.08. The number of rotatable bonds is 9. The third kappa shape index (κ3) is 5.88. The van der Waals surface area contributed by atoms with Crippen LogP contribution < -0.4 is 0 Å². The summed E-state index contributed by atoms with van der Waals surface area (Å²) in [5, 5.41) is 0. The molecule has 1 aromatic carbocycles. The Bertz CT molecular complexity index is 1040. The molecular formula is C24H24N2O5. The molecule has 7 heteroatoms. The second-order valence-electron chi connectivity index (χ2n) is 6.79. The average Bonchev–Trinajstić information content (AvgIpc) is 3.32. The number of carbonyl (C=O) groups excluding carboxylic acids is 2. The molecule has 2 heterocycles. The van der Waals surface area contributed by atoms with Crippen LogP contribution in [0.15, 0.2) is 65.5 Å². The molecule has 0 amide bonds. The molecule has 0 spiro atoms. The minimum Gasteiger partial charge on any atom is -0.469 e. The maximum absolute atomic E-state index is 11.6. The van der Waals surface area contributed by atoms with Crippen molar-refractivity contribution in [1.82, 2.24) is 9.97 Å². The minimum atomic E-state index is -0.541. The molecule has 3 aromatic rings. The topological polar surface area (TPSA) is 91.5 Å². The van der Waals surface area contributed by atoms with Crippen LogP contribution in [-0.4, -0.2) is 36.1 Å². The van der Waals surface area contributed by atoms with Crippen LogP contribution in [0, 0.1) is 0 Å². The Hall–Kier alpha value is -3.74. The number of hydrogen-bond donors (Lipinski definition) is 0. The van der Waals surface area contributed by atoms with Gasteiger partial charge in [-0.25, -0.2) is 9.78 Å². The molecule has 0 saturated heterocycles. The monoisotopic (exact) mass is 420 g/mol. The molecule has 31 heavy (non-hydrogen) atoms. The summed E-state index contributed by atoms with van der Waals surface area (Å²) in [6.45, 7) is 0. The molecule has 0 radical (unpaired) electrons. The quantitative estimate of drug-likeness (QED) is 0.366. The van der Waals surface area contributed by atoms with Gasteiger partial charge in [0.1, 0.15) is 6.26 Å². The van der Waals surface area contributed by atoms with Crippen LogP contribution in [0.4, 0.5) is 0 Å². The van der Waals surface area contributed by atoms with Crippen LogP contribution in [0.1, 0.15) is 47.3 Å². The maximum atomic E-state index is 11.6. The fourth-order valence-electron chi connectivity index (χ4n) is 3.08. The number of aromatic nitrogens is 2. The van der Waals surface area contributed by atoms with Crippen molar-refractivity contribution in [2.75, 3.05) is 14.2 Å². The zero-order valence-electron chi connectivity index (χ0n) is 17.5. The lowest BCUT2D eigenvalue weighted by atomic mass is 9.96. The molecular weight excluding hydrogens is 396 g/mol. The molecule has 0 aliphatic rings. The fraction of sp³-hybridized carbons (Fsp3) is 0.250. The van der Waals surface area contributed by atoms with Crippen LogP contribution >= 0.6 is 0 Å². The van der Waals surface area contributed by atoms with Crippen molar-refractivity contribution >= 4 is 17.5 Å². The Morgan fingerprint density at radius 1 is 1.03 bits per heavy atom. The summed E-state index contributed by atoms with van der Waals surface area (Å²) in [6.07, 6.45) is 9.90. The van der Waals surface area contributed by atoms with Crippen LogP contribution in [0.5, 0.6) is 0 Å². The smallest absolute Gasteiger partial charge is 0.360 e. The predicted molar refractivity (Wildman–Crippen MR) is 115 cm³/mol. The van der Waals surface area contributed by atoms with Crippen LogP contribution in [0.25, 0.3) is 17.0 Å². The van der Waals surface area contributed by atoms with Crippen LogP contribution in [-0.2, 0) is 14.3 Å². The van der Waals surface area contributed by atoms with Gasteiger partial charge in [-0.05, 0) is 48.6 Å². The SMILES string of the molecule is COC(=O)CCCC/C=C(\c1ccc(-c2nc(C(=O)OC)co2)cc1)c1cccnc1. The largest absolute Gasteiger partial charge is 0.469 e. The number of pyridine rings is 1. The summed E-state index contributed by atoms with van der Waals surface area (Å²) >= 11 is 0. The molecule has 0 unspecified atom stereocenters. The maximum Gasteiger partial charge on any atom is 0.360 e. The number of ether oxygens (including phenoxy) is 2. The first-order valence-electron chi connectivity index (χ1n) is 9.94. The summed E-state index contributed by atoms with van der Waals surface area (Å²) in [5.41, 5.74) is 3.96. The molecule has 0 N–H and O–H groups in total. The number of benzene rings is 1. The van der Waals surface area contributed by atoms with E-state index < -0.39 is 5.97 Å². The second-order valence-corrected chi connectivity index (χ2v) is 6.79. The van der Waals surface area contributed by atoms with E-state index in [1.54, 1.807) is 6.20 Å². The Morgan fingerprint density at radius 2 is 1.84 bits per heavy atom. The highest BCUT2D eigenvalue weighted by atomic mass is 16.5. The number of nitrogens with zero attached hydrogens (tertiary/aromatic N) is 2. The minimum absolute atomic E-state index is 0.129. The van der Waals surface area contributed by atoms with E-state index in [0.29, 0.717) is 12.3 Å². The van der Waals surface area contributed by atoms with Crippen molar-refractivity contribution in [2.24, 2.45) is 0 Å². The molecule has 0 bridgehead atoms. The van der Waals surface area contributed by atoms with Gasteiger partial charge >= 0.3 is 11.9 Å². The molecule has 7 nitrogen and oxygen atoms in total. The first kappa shape index (κ1) is 22.0. The highest BCUT2D eigenvalue weighted by Gasteiger charge is 2.14. The van der Waals surface area contributed by atoms with Gasteiger partial charge in [-0.15, -0.1) is 0 Å². The number of unbranched alkanes of at least 4 members (excludes halogenated alkanes) is 2. The van der Waals surface area contributed by atoms with Crippen molar-refractivity contribution in [2.45, 2.75) is 25.7 Å². The van der Waals surface area contributed by atoms with Crippen molar-refractivity contribution in [3.63, 3.8) is 0 Å². The Kier molecular flexibility index (Phi) is 7.70. The van der Waals surface area contributed by atoms with Gasteiger partial charge in [0.15, 0.2) is 5.69 Å². The van der Waals surface area contributed by atoms with E-state index in [2.05, 4.69) is 25.5 Å². The normalized spacial score (nSPS) is 11.2. The van der Waals surface area contributed by atoms with Crippen molar-refractivity contribution in [3.8, 4) is 11.5 Å². The summed E-state index contributed by atoms with van der Waals surface area (Å²) in [5.74, 6) is -0.378. The summed E-state index contributed by atoms with van der Waals surface area (Å²) < 4.78 is 14.7. The third-order valence-corrected chi connectivity index (χ3v) is 4.73. The summed E-state index contributed by atoms with van der Waals surface area (Å²) in [7, 11) is 2.70. The molecule has 160 valence electrons. The molecule has 2 aromatic heterocycles. The van der Waals surface area contributed by atoms with Gasteiger partial charge in [0.05, 0.1) is 14.2 Å². The number of carbonyl (C=O) groups is 2. The average molecular weight is 420 g/mol. The number of methoxy groups -OCH3 is 2. The lowest BCUT2D eigenvalue weighted by Crippen LogP contribution is -2.00. The molecule has 0 aliphatic heterocycles. The zero-order chi connectivity index (χ0) is 22.1. The Balaban J connectivity index is 1.77. The lowest BCUT2D eigenvalue weighted by molar-refractivity contribution is -0.140. The van der Waals surface area contributed by atoms with E-state index in [-0.39, 0.29) is 11.7 Å². The lowest BCUT2D eigenvalue weighted by Gasteiger charge is -2.09. The van der Waals surface area contributed by atoms with E-state index in [0.717, 1.165) is 41.5 Å². The van der Waals surface area contributed by atoms with Crippen LogP contribution in [0.3, 0.4) is 0 Å². The predicted octanol–water partition coefficient (Wildman–Crippen LogP) is 4.69. The zero-order valence-corrected chi connectivity index (χ0v) is 17.5. The van der Waals surface area contributed by atoms with Crippen molar-refractivity contribution in [3.05, 3.63) is 78.0 Å². The Labute approximate surface area is 180 Å². The van der Waals surface area contributed by atoms with Gasteiger partial charge in [0.25, 0.3) is 0 Å². The van der Waals surface area contributed by atoms with Gasteiger partial charge in [-0.2, -0.15) is 0 Å². The number of esters is 2. The van der Waals surface area contributed by atoms with Gasteiger partial charge in [0.2, 0.25) is 5.89 Å². The number of allylic oxidation sites excluding steroid dienone is 1. The van der Waals surface area contributed by atoms with Crippen molar-refractivity contribution < 1.29 is 23.5 Å². The molecule has 0 atom stereocenters. The van der Waals surface area contributed by atoms with Gasteiger partial charge in [0, 0.05) is 29.9 Å². The van der Waals surface area contributed by atoms with Gasteiger partial charge in [-0.1, -0.05) is 24.3 Å². The van der Waals surface area contributed by atoms with Crippen molar-refractivity contribution in [1.29, 1.82) is 0 Å². The van der Waals surface area contributed by atoms with E-state index in [9.17, 15) is 9.59 Å². The molecule has 0 aliphatic carbocycles. The standard InChI is InChI=1S/C24H24N2O5/c1-29-22(27)9-5-3-4-8-20(19-7-6-14-25-15-19)17-10-12-18(13-11-17)23-26-21(16-31-23)24(28)30-2/h6-8,10-16H,3-5,9H2,1-2H3/b20-8+. The summed E-state index contributed by atoms with van der Waals surface area (Å²) in [6, 6.07) is 11.6. The second kappa shape index (κ2) is 10.9. The van der Waals surface area contributed by atoms with Gasteiger partial charge < -0.3 is 13.9 Å². The van der Waals surface area contributed by atoms with E-state index >= 15 is 0 Å². The Morgan fingerprint density at radius 3 is 2.52 bits per heavy atom. The number of oxazole rings is 1. The molecule has 0 fully saturated rings.